The van der Waals surface area contributed by atoms with Crippen LogP contribution < -0.4 is 10.9 Å². The van der Waals surface area contributed by atoms with Gasteiger partial charge in [-0.05, 0) is 37.1 Å². The number of aromatic nitrogens is 2. The van der Waals surface area contributed by atoms with Crippen LogP contribution >= 0.6 is 22.9 Å². The number of hydrogen-bond acceptors (Lipinski definition) is 4. The van der Waals surface area contributed by atoms with Gasteiger partial charge in [-0.25, -0.2) is 4.98 Å². The number of benzene rings is 1. The van der Waals surface area contributed by atoms with Gasteiger partial charge in [-0.15, -0.1) is 11.3 Å². The summed E-state index contributed by atoms with van der Waals surface area (Å²) in [5.41, 5.74) is 1.51. The van der Waals surface area contributed by atoms with Crippen molar-refractivity contribution in [3.05, 3.63) is 61.5 Å². The van der Waals surface area contributed by atoms with Gasteiger partial charge in [0.05, 0.1) is 10.3 Å². The van der Waals surface area contributed by atoms with E-state index in [4.69, 9.17) is 11.6 Å². The van der Waals surface area contributed by atoms with Crippen molar-refractivity contribution in [3.63, 3.8) is 0 Å². The summed E-state index contributed by atoms with van der Waals surface area (Å²) in [6, 6.07) is 7.29. The number of fused-ring (bicyclic) bond motifs is 1. The van der Waals surface area contributed by atoms with Crippen LogP contribution in [0.15, 0.2) is 29.1 Å². The number of amides is 1. The lowest BCUT2D eigenvalue weighted by Gasteiger charge is -2.05. The Morgan fingerprint density at radius 1 is 1.29 bits per heavy atom. The van der Waals surface area contributed by atoms with E-state index >= 15 is 0 Å². The minimum Gasteiger partial charge on any atom is -0.347 e. The molecule has 0 fully saturated rings. The Morgan fingerprint density at radius 2 is 1.96 bits per heavy atom. The van der Waals surface area contributed by atoms with Crippen molar-refractivity contribution >= 4 is 39.1 Å². The lowest BCUT2D eigenvalue weighted by Crippen LogP contribution is -2.23. The third kappa shape index (κ3) is 2.95. The van der Waals surface area contributed by atoms with Crippen molar-refractivity contribution < 1.29 is 4.79 Å². The smallest absolute Gasteiger partial charge is 0.262 e. The Morgan fingerprint density at radius 3 is 2.62 bits per heavy atom. The summed E-state index contributed by atoms with van der Waals surface area (Å²) in [7, 11) is 1.68. The molecule has 2 heterocycles. The number of nitrogens with one attached hydrogen (secondary N) is 1. The number of nitrogens with zero attached hydrogens (tertiary/aromatic N) is 2. The van der Waals surface area contributed by atoms with Crippen LogP contribution in [0.25, 0.3) is 10.2 Å². The van der Waals surface area contributed by atoms with Crippen molar-refractivity contribution in [2.75, 3.05) is 0 Å². The summed E-state index contributed by atoms with van der Waals surface area (Å²) in [5.74, 6) is 0.423. The first-order chi connectivity index (χ1) is 11.4. The van der Waals surface area contributed by atoms with Crippen LogP contribution in [0.2, 0.25) is 5.02 Å². The van der Waals surface area contributed by atoms with Crippen molar-refractivity contribution in [2.45, 2.75) is 20.4 Å². The second kappa shape index (κ2) is 6.37. The van der Waals surface area contributed by atoms with Crippen molar-refractivity contribution in [1.29, 1.82) is 0 Å². The predicted molar refractivity (Wildman–Crippen MR) is 97.0 cm³/mol. The lowest BCUT2D eigenvalue weighted by molar-refractivity contribution is 0.0954. The molecule has 2 aromatic heterocycles. The molecule has 0 spiro atoms. The third-order valence-electron chi connectivity index (χ3n) is 3.97. The lowest BCUT2D eigenvalue weighted by atomic mass is 10.2. The Balaban J connectivity index is 1.90. The van der Waals surface area contributed by atoms with Gasteiger partial charge in [0.25, 0.3) is 11.5 Å². The number of aryl methyl sites for hydroxylation is 2. The first-order valence-corrected chi connectivity index (χ1v) is 8.57. The molecule has 0 saturated carbocycles. The highest BCUT2D eigenvalue weighted by Crippen LogP contribution is 2.27. The van der Waals surface area contributed by atoms with Crippen LogP contribution in [0.5, 0.6) is 0 Å². The zero-order chi connectivity index (χ0) is 17.4. The molecule has 0 aliphatic heterocycles. The minimum atomic E-state index is -0.204. The summed E-state index contributed by atoms with van der Waals surface area (Å²) in [5, 5.41) is 4.05. The summed E-state index contributed by atoms with van der Waals surface area (Å²) in [4.78, 5) is 30.4. The molecule has 3 rings (SSSR count). The van der Waals surface area contributed by atoms with Crippen molar-refractivity contribution in [1.82, 2.24) is 14.9 Å². The summed E-state index contributed by atoms with van der Waals surface area (Å²) >= 11 is 7.10. The number of thiophene rings is 1. The molecule has 5 nitrogen and oxygen atoms in total. The zero-order valence-corrected chi connectivity index (χ0v) is 15.1. The van der Waals surface area contributed by atoms with Crippen LogP contribution in [0.4, 0.5) is 0 Å². The second-order valence-corrected chi connectivity index (χ2v) is 7.00. The van der Waals surface area contributed by atoms with Gasteiger partial charge < -0.3 is 5.32 Å². The standard InChI is InChI=1S/C17H16ClN3O2S/c1-9-13-16(20-10(2)21(3)17(13)23)24-14(9)15(22)19-8-11-4-6-12(18)7-5-11/h4-7H,8H2,1-3H3,(H,19,22). The minimum absolute atomic E-state index is 0.122. The van der Waals surface area contributed by atoms with Gasteiger partial charge in [0, 0.05) is 18.6 Å². The molecule has 3 aromatic rings. The molecule has 1 N–H and O–H groups in total. The normalized spacial score (nSPS) is 11.0. The van der Waals surface area contributed by atoms with E-state index in [-0.39, 0.29) is 11.5 Å². The third-order valence-corrected chi connectivity index (χ3v) is 5.40. The van der Waals surface area contributed by atoms with Gasteiger partial charge >= 0.3 is 0 Å². The molecular weight excluding hydrogens is 346 g/mol. The molecule has 0 unspecified atom stereocenters. The highest BCUT2D eigenvalue weighted by molar-refractivity contribution is 7.20. The van der Waals surface area contributed by atoms with E-state index in [0.29, 0.717) is 38.0 Å². The van der Waals surface area contributed by atoms with E-state index in [0.717, 1.165) is 5.56 Å². The van der Waals surface area contributed by atoms with Crippen LogP contribution in [-0.4, -0.2) is 15.5 Å². The Bertz CT molecular complexity index is 990. The van der Waals surface area contributed by atoms with Crippen LogP contribution in [-0.2, 0) is 13.6 Å². The van der Waals surface area contributed by atoms with Crippen molar-refractivity contribution in [3.8, 4) is 0 Å². The second-order valence-electron chi connectivity index (χ2n) is 5.57. The SMILES string of the molecule is Cc1c(C(=O)NCc2ccc(Cl)cc2)sc2nc(C)n(C)c(=O)c12. The largest absolute Gasteiger partial charge is 0.347 e. The maximum absolute atomic E-state index is 12.5. The highest BCUT2D eigenvalue weighted by Gasteiger charge is 2.19. The van der Waals surface area contributed by atoms with Crippen LogP contribution in [0.3, 0.4) is 0 Å². The van der Waals surface area contributed by atoms with Crippen LogP contribution in [0, 0.1) is 13.8 Å². The number of hydrogen-bond donors (Lipinski definition) is 1. The average molecular weight is 362 g/mol. The molecule has 1 aromatic carbocycles. The molecule has 0 atom stereocenters. The molecular formula is C17H16ClN3O2S. The first kappa shape index (κ1) is 16.7. The fourth-order valence-electron chi connectivity index (χ4n) is 2.45. The van der Waals surface area contributed by atoms with E-state index in [2.05, 4.69) is 10.3 Å². The maximum Gasteiger partial charge on any atom is 0.262 e. The molecule has 7 heteroatoms. The van der Waals surface area contributed by atoms with E-state index < -0.39 is 0 Å². The molecule has 24 heavy (non-hydrogen) atoms. The summed E-state index contributed by atoms with van der Waals surface area (Å²) < 4.78 is 1.50. The number of carbonyl (C=O) groups excluding carboxylic acids is 1. The molecule has 0 bridgehead atoms. The molecule has 124 valence electrons. The molecule has 0 aliphatic carbocycles. The van der Waals surface area contributed by atoms with Crippen LogP contribution in [0.1, 0.15) is 26.6 Å². The van der Waals surface area contributed by atoms with E-state index in [1.165, 1.54) is 15.9 Å². The van der Waals surface area contributed by atoms with Gasteiger partial charge in [0.2, 0.25) is 0 Å². The van der Waals surface area contributed by atoms with Gasteiger partial charge in [-0.2, -0.15) is 0 Å². The number of carbonyl (C=O) groups is 1. The fraction of sp³-hybridized carbons (Fsp3) is 0.235. The average Bonchev–Trinajstić information content (AvgIpc) is 2.88. The Hall–Kier alpha value is -2.18. The first-order valence-electron chi connectivity index (χ1n) is 7.38. The van der Waals surface area contributed by atoms with E-state index in [1.54, 1.807) is 33.0 Å². The summed E-state index contributed by atoms with van der Waals surface area (Å²) in [6.45, 7) is 3.96. The zero-order valence-electron chi connectivity index (χ0n) is 13.5. The quantitative estimate of drug-likeness (QED) is 0.779. The summed E-state index contributed by atoms with van der Waals surface area (Å²) in [6.07, 6.45) is 0. The molecule has 0 aliphatic rings. The fourth-order valence-corrected chi connectivity index (χ4v) is 3.71. The predicted octanol–water partition coefficient (Wildman–Crippen LogP) is 3.20. The highest BCUT2D eigenvalue weighted by atomic mass is 35.5. The van der Waals surface area contributed by atoms with Gasteiger partial charge in [0.15, 0.2) is 0 Å². The van der Waals surface area contributed by atoms with E-state index in [9.17, 15) is 9.59 Å². The van der Waals surface area contributed by atoms with Gasteiger partial charge in [-0.3, -0.25) is 14.2 Å². The molecule has 0 radical (unpaired) electrons. The topological polar surface area (TPSA) is 64.0 Å². The van der Waals surface area contributed by atoms with Gasteiger partial charge in [0.1, 0.15) is 10.7 Å². The van der Waals surface area contributed by atoms with E-state index in [1.807, 2.05) is 12.1 Å². The monoisotopic (exact) mass is 361 g/mol. The maximum atomic E-state index is 12.5. The van der Waals surface area contributed by atoms with Crippen molar-refractivity contribution in [2.24, 2.45) is 7.05 Å². The Labute approximate surface area is 147 Å². The number of rotatable bonds is 3. The Kier molecular flexibility index (Phi) is 4.43. The number of halogens is 1. The van der Waals surface area contributed by atoms with Gasteiger partial charge in [-0.1, -0.05) is 23.7 Å². The molecule has 0 saturated heterocycles. The molecule has 1 amide bonds.